The monoisotopic (exact) mass is 365 g/mol. The molecule has 2 aliphatic rings. The number of nitrogens with two attached hydrogens (primary N) is 1. The van der Waals surface area contributed by atoms with Gasteiger partial charge in [-0.3, -0.25) is 9.59 Å². The third-order valence-corrected chi connectivity index (χ3v) is 6.61. The van der Waals surface area contributed by atoms with Crippen molar-refractivity contribution in [3.05, 3.63) is 0 Å². The van der Waals surface area contributed by atoms with Crippen molar-refractivity contribution in [3.63, 3.8) is 0 Å². The molecular formula is C21H39N3O2. The van der Waals surface area contributed by atoms with Crippen molar-refractivity contribution in [2.45, 2.75) is 78.2 Å². The zero-order valence-electron chi connectivity index (χ0n) is 16.9. The lowest BCUT2D eigenvalue weighted by Gasteiger charge is -2.37. The first-order valence-corrected chi connectivity index (χ1v) is 10.7. The van der Waals surface area contributed by atoms with Crippen LogP contribution in [-0.4, -0.2) is 30.9 Å². The van der Waals surface area contributed by atoms with Crippen LogP contribution < -0.4 is 16.4 Å². The molecular weight excluding hydrogens is 326 g/mol. The van der Waals surface area contributed by atoms with Gasteiger partial charge in [-0.05, 0) is 49.4 Å². The predicted octanol–water partition coefficient (Wildman–Crippen LogP) is 2.83. The van der Waals surface area contributed by atoms with E-state index in [9.17, 15) is 9.59 Å². The van der Waals surface area contributed by atoms with Gasteiger partial charge in [-0.15, -0.1) is 0 Å². The number of rotatable bonds is 7. The third-order valence-electron chi connectivity index (χ3n) is 6.61. The average molecular weight is 366 g/mol. The molecule has 0 aromatic carbocycles. The van der Waals surface area contributed by atoms with Crippen molar-refractivity contribution < 1.29 is 9.59 Å². The molecule has 0 heterocycles. The van der Waals surface area contributed by atoms with Crippen molar-refractivity contribution in [1.29, 1.82) is 0 Å². The van der Waals surface area contributed by atoms with Crippen LogP contribution in [0.25, 0.3) is 0 Å². The SMILES string of the molecule is CC1CC[C@@H](C(C)C)[C@H](C(=O)NCC(NC(=O)CN)C2CCCCC2)C1. The zero-order chi connectivity index (χ0) is 19.1. The summed E-state index contributed by atoms with van der Waals surface area (Å²) < 4.78 is 0. The van der Waals surface area contributed by atoms with Gasteiger partial charge in [0.05, 0.1) is 6.54 Å². The van der Waals surface area contributed by atoms with E-state index in [1.807, 2.05) is 0 Å². The summed E-state index contributed by atoms with van der Waals surface area (Å²) in [6, 6.07) is 0.00816. The maximum atomic E-state index is 13.0. The zero-order valence-corrected chi connectivity index (χ0v) is 16.9. The molecule has 0 aromatic rings. The predicted molar refractivity (Wildman–Crippen MR) is 105 cm³/mol. The Balaban J connectivity index is 1.96. The lowest BCUT2D eigenvalue weighted by atomic mass is 9.69. The van der Waals surface area contributed by atoms with Gasteiger partial charge in [0, 0.05) is 18.5 Å². The molecule has 0 spiro atoms. The number of hydrogen-bond donors (Lipinski definition) is 3. The molecule has 2 rings (SSSR count). The number of nitrogens with one attached hydrogen (secondary N) is 2. The van der Waals surface area contributed by atoms with Gasteiger partial charge in [0.2, 0.25) is 11.8 Å². The Labute approximate surface area is 159 Å². The molecule has 26 heavy (non-hydrogen) atoms. The van der Waals surface area contributed by atoms with E-state index in [-0.39, 0.29) is 30.3 Å². The van der Waals surface area contributed by atoms with E-state index in [0.29, 0.717) is 30.2 Å². The highest BCUT2D eigenvalue weighted by molar-refractivity contribution is 5.80. The Bertz CT molecular complexity index is 460. The maximum Gasteiger partial charge on any atom is 0.234 e. The second-order valence-corrected chi connectivity index (χ2v) is 8.95. The quantitative estimate of drug-likeness (QED) is 0.648. The molecule has 0 saturated heterocycles. The van der Waals surface area contributed by atoms with Crippen molar-refractivity contribution in [1.82, 2.24) is 10.6 Å². The summed E-state index contributed by atoms with van der Waals surface area (Å²) in [7, 11) is 0. The summed E-state index contributed by atoms with van der Waals surface area (Å²) >= 11 is 0. The molecule has 150 valence electrons. The Morgan fingerprint density at radius 2 is 1.77 bits per heavy atom. The van der Waals surface area contributed by atoms with Crippen LogP contribution in [0.2, 0.25) is 0 Å². The van der Waals surface area contributed by atoms with Crippen LogP contribution in [0.3, 0.4) is 0 Å². The smallest absolute Gasteiger partial charge is 0.234 e. The molecule has 0 bridgehead atoms. The van der Waals surface area contributed by atoms with Gasteiger partial charge in [-0.2, -0.15) is 0 Å². The van der Waals surface area contributed by atoms with E-state index in [1.165, 1.54) is 25.7 Å². The average Bonchev–Trinajstić information content (AvgIpc) is 2.64. The molecule has 2 aliphatic carbocycles. The Morgan fingerprint density at radius 3 is 2.38 bits per heavy atom. The lowest BCUT2D eigenvalue weighted by molar-refractivity contribution is -0.130. The first-order chi connectivity index (χ1) is 12.4. The van der Waals surface area contributed by atoms with E-state index >= 15 is 0 Å². The molecule has 2 amide bonds. The van der Waals surface area contributed by atoms with Crippen LogP contribution in [0.1, 0.15) is 72.1 Å². The minimum absolute atomic E-state index is 0.00668. The normalized spacial score (nSPS) is 28.6. The van der Waals surface area contributed by atoms with Crippen molar-refractivity contribution in [2.24, 2.45) is 35.3 Å². The van der Waals surface area contributed by atoms with Gasteiger partial charge in [-0.1, -0.05) is 46.5 Å². The van der Waals surface area contributed by atoms with Gasteiger partial charge in [0.1, 0.15) is 0 Å². The Kier molecular flexibility index (Phi) is 8.39. The number of carbonyl (C=O) groups excluding carboxylic acids is 2. The Morgan fingerprint density at radius 1 is 1.08 bits per heavy atom. The van der Waals surface area contributed by atoms with E-state index in [2.05, 4.69) is 31.4 Å². The highest BCUT2D eigenvalue weighted by atomic mass is 16.2. The highest BCUT2D eigenvalue weighted by Crippen LogP contribution is 2.38. The van der Waals surface area contributed by atoms with E-state index in [0.717, 1.165) is 25.7 Å². The molecule has 2 saturated carbocycles. The van der Waals surface area contributed by atoms with Gasteiger partial charge < -0.3 is 16.4 Å². The summed E-state index contributed by atoms with van der Waals surface area (Å²) in [5, 5.41) is 6.25. The minimum Gasteiger partial charge on any atom is -0.354 e. The van der Waals surface area contributed by atoms with E-state index in [4.69, 9.17) is 5.73 Å². The van der Waals surface area contributed by atoms with Crippen LogP contribution >= 0.6 is 0 Å². The summed E-state index contributed by atoms with van der Waals surface area (Å²) in [4.78, 5) is 24.8. The minimum atomic E-state index is -0.124. The third kappa shape index (κ3) is 5.97. The van der Waals surface area contributed by atoms with Crippen LogP contribution in [0, 0.1) is 29.6 Å². The fraction of sp³-hybridized carbons (Fsp3) is 0.905. The first-order valence-electron chi connectivity index (χ1n) is 10.7. The summed E-state index contributed by atoms with van der Waals surface area (Å²) in [5.41, 5.74) is 5.49. The van der Waals surface area contributed by atoms with Gasteiger partial charge in [-0.25, -0.2) is 0 Å². The molecule has 5 heteroatoms. The maximum absolute atomic E-state index is 13.0. The van der Waals surface area contributed by atoms with E-state index < -0.39 is 0 Å². The number of hydrogen-bond acceptors (Lipinski definition) is 3. The van der Waals surface area contributed by atoms with Crippen molar-refractivity contribution in [2.75, 3.05) is 13.1 Å². The molecule has 4 atom stereocenters. The summed E-state index contributed by atoms with van der Waals surface area (Å²) in [5.74, 6) is 2.23. The van der Waals surface area contributed by atoms with Crippen LogP contribution in [0.4, 0.5) is 0 Å². The number of carbonyl (C=O) groups is 2. The van der Waals surface area contributed by atoms with Crippen LogP contribution in [0.15, 0.2) is 0 Å². The standard InChI is InChI=1S/C21H39N3O2/c1-14(2)17-10-9-15(3)11-18(17)21(26)23-13-19(24-20(25)12-22)16-7-5-4-6-8-16/h14-19H,4-13,22H2,1-3H3,(H,23,26)(H,24,25)/t15?,17-,18+,19?/m0/s1. The second-order valence-electron chi connectivity index (χ2n) is 8.95. The second kappa shape index (κ2) is 10.3. The first kappa shape index (κ1) is 21.2. The van der Waals surface area contributed by atoms with Crippen molar-refractivity contribution >= 4 is 11.8 Å². The van der Waals surface area contributed by atoms with Crippen LogP contribution in [-0.2, 0) is 9.59 Å². The Hall–Kier alpha value is -1.10. The molecule has 0 aliphatic heterocycles. The van der Waals surface area contributed by atoms with Gasteiger partial charge >= 0.3 is 0 Å². The van der Waals surface area contributed by atoms with Gasteiger partial charge in [0.25, 0.3) is 0 Å². The molecule has 0 aromatic heterocycles. The van der Waals surface area contributed by atoms with Crippen LogP contribution in [0.5, 0.6) is 0 Å². The molecule has 2 unspecified atom stereocenters. The fourth-order valence-electron chi connectivity index (χ4n) is 4.98. The molecule has 5 nitrogen and oxygen atoms in total. The summed E-state index contributed by atoms with van der Waals surface area (Å²) in [6.45, 7) is 7.25. The highest BCUT2D eigenvalue weighted by Gasteiger charge is 2.36. The molecule has 0 radical (unpaired) electrons. The van der Waals surface area contributed by atoms with Crippen molar-refractivity contribution in [3.8, 4) is 0 Å². The van der Waals surface area contributed by atoms with Gasteiger partial charge in [0.15, 0.2) is 0 Å². The molecule has 4 N–H and O–H groups in total. The largest absolute Gasteiger partial charge is 0.354 e. The molecule has 2 fully saturated rings. The summed E-state index contributed by atoms with van der Waals surface area (Å²) in [6.07, 6.45) is 9.30. The topological polar surface area (TPSA) is 84.2 Å². The lowest BCUT2D eigenvalue weighted by Crippen LogP contribution is -2.51. The van der Waals surface area contributed by atoms with E-state index in [1.54, 1.807) is 0 Å². The number of amides is 2. The fourth-order valence-corrected chi connectivity index (χ4v) is 4.98.